The Bertz CT molecular complexity index is 432. The number of carbonyl (C=O) groups is 2. The lowest BCUT2D eigenvalue weighted by Crippen LogP contribution is -2.29. The van der Waals surface area contributed by atoms with E-state index in [0.717, 1.165) is 0 Å². The van der Waals surface area contributed by atoms with Gasteiger partial charge in [-0.1, -0.05) is 29.3 Å². The quantitative estimate of drug-likeness (QED) is 0.700. The number of nitrogens with one attached hydrogen (secondary N) is 2. The van der Waals surface area contributed by atoms with E-state index in [2.05, 4.69) is 10.6 Å². The van der Waals surface area contributed by atoms with Gasteiger partial charge in [0, 0.05) is 6.54 Å². The van der Waals surface area contributed by atoms with Crippen molar-refractivity contribution in [3.63, 3.8) is 0 Å². The fraction of sp³-hybridized carbons (Fsp3) is 0.273. The van der Waals surface area contributed by atoms with Crippen molar-refractivity contribution in [2.24, 2.45) is 0 Å². The van der Waals surface area contributed by atoms with E-state index in [4.69, 9.17) is 28.3 Å². The smallest absolute Gasteiger partial charge is 0.304 e. The van der Waals surface area contributed by atoms with Crippen molar-refractivity contribution in [1.29, 1.82) is 0 Å². The van der Waals surface area contributed by atoms with Crippen LogP contribution in [0.2, 0.25) is 10.0 Å². The predicted octanol–water partition coefficient (Wildman–Crippen LogP) is 2.00. The molecule has 0 atom stereocenters. The zero-order chi connectivity index (χ0) is 13.5. The topological polar surface area (TPSA) is 78.4 Å². The van der Waals surface area contributed by atoms with Crippen LogP contribution in [0.3, 0.4) is 0 Å². The maximum Gasteiger partial charge on any atom is 0.304 e. The summed E-state index contributed by atoms with van der Waals surface area (Å²) >= 11 is 11.8. The second-order valence-electron chi connectivity index (χ2n) is 3.47. The number of benzene rings is 1. The molecule has 1 aromatic rings. The van der Waals surface area contributed by atoms with E-state index >= 15 is 0 Å². The molecule has 0 saturated heterocycles. The first-order chi connectivity index (χ1) is 8.50. The van der Waals surface area contributed by atoms with Crippen molar-refractivity contribution >= 4 is 40.8 Å². The molecule has 0 aromatic heterocycles. The lowest BCUT2D eigenvalue weighted by atomic mass is 10.3. The molecule has 3 N–H and O–H groups in total. The molecule has 18 heavy (non-hydrogen) atoms. The largest absolute Gasteiger partial charge is 0.481 e. The summed E-state index contributed by atoms with van der Waals surface area (Å²) in [5.41, 5.74) is 0.353. The highest BCUT2D eigenvalue weighted by Crippen LogP contribution is 2.29. The number of halogens is 2. The van der Waals surface area contributed by atoms with Crippen LogP contribution in [-0.4, -0.2) is 30.1 Å². The number of aliphatic carboxylic acids is 1. The fourth-order valence-electron chi connectivity index (χ4n) is 1.20. The molecule has 0 unspecified atom stereocenters. The van der Waals surface area contributed by atoms with Crippen LogP contribution in [0.4, 0.5) is 5.69 Å². The van der Waals surface area contributed by atoms with Crippen LogP contribution in [0.1, 0.15) is 6.42 Å². The van der Waals surface area contributed by atoms with E-state index in [-0.39, 0.29) is 25.4 Å². The SMILES string of the molecule is O=C(O)CCNCC(=O)Nc1c(Cl)cccc1Cl. The summed E-state index contributed by atoms with van der Waals surface area (Å²) in [5, 5.41) is 14.4. The van der Waals surface area contributed by atoms with Gasteiger partial charge in [-0.15, -0.1) is 0 Å². The highest BCUT2D eigenvalue weighted by Gasteiger charge is 2.09. The van der Waals surface area contributed by atoms with Gasteiger partial charge in [-0.25, -0.2) is 0 Å². The molecule has 0 bridgehead atoms. The molecule has 0 spiro atoms. The van der Waals surface area contributed by atoms with Crippen LogP contribution in [0, 0.1) is 0 Å². The maximum atomic E-state index is 11.5. The molecule has 0 aliphatic rings. The zero-order valence-corrected chi connectivity index (χ0v) is 10.9. The molecule has 98 valence electrons. The van der Waals surface area contributed by atoms with Gasteiger partial charge in [0.25, 0.3) is 0 Å². The second-order valence-corrected chi connectivity index (χ2v) is 4.28. The molecule has 7 heteroatoms. The van der Waals surface area contributed by atoms with Gasteiger partial charge in [-0.05, 0) is 12.1 Å². The van der Waals surface area contributed by atoms with Gasteiger partial charge < -0.3 is 15.7 Å². The average Bonchev–Trinajstić information content (AvgIpc) is 2.29. The number of carbonyl (C=O) groups excluding carboxylic acids is 1. The number of hydrogen-bond donors (Lipinski definition) is 3. The van der Waals surface area contributed by atoms with Gasteiger partial charge in [0.2, 0.25) is 5.91 Å². The van der Waals surface area contributed by atoms with Crippen molar-refractivity contribution in [3.05, 3.63) is 28.2 Å². The van der Waals surface area contributed by atoms with Gasteiger partial charge in [0.05, 0.1) is 28.7 Å². The molecule has 0 radical (unpaired) electrons. The summed E-state index contributed by atoms with van der Waals surface area (Å²) in [6, 6.07) is 4.90. The predicted molar refractivity (Wildman–Crippen MR) is 70.2 cm³/mol. The van der Waals surface area contributed by atoms with E-state index in [1.54, 1.807) is 18.2 Å². The summed E-state index contributed by atoms with van der Waals surface area (Å²) in [7, 11) is 0. The minimum Gasteiger partial charge on any atom is -0.481 e. The molecule has 0 saturated carbocycles. The lowest BCUT2D eigenvalue weighted by Gasteiger charge is -2.09. The second kappa shape index (κ2) is 7.20. The number of para-hydroxylation sites is 1. The Kier molecular flexibility index (Phi) is 5.91. The Labute approximate surface area is 114 Å². The van der Waals surface area contributed by atoms with Crippen molar-refractivity contribution in [3.8, 4) is 0 Å². The zero-order valence-electron chi connectivity index (χ0n) is 9.37. The molecular formula is C11H12Cl2N2O3. The average molecular weight is 291 g/mol. The van der Waals surface area contributed by atoms with E-state index < -0.39 is 5.97 Å². The van der Waals surface area contributed by atoms with Crippen LogP contribution in [0.5, 0.6) is 0 Å². The van der Waals surface area contributed by atoms with Crippen LogP contribution in [0.25, 0.3) is 0 Å². The van der Waals surface area contributed by atoms with Crippen molar-refractivity contribution in [2.75, 3.05) is 18.4 Å². The van der Waals surface area contributed by atoms with Crippen LogP contribution in [0.15, 0.2) is 18.2 Å². The minimum absolute atomic E-state index is 0.00513. The molecule has 0 fully saturated rings. The first kappa shape index (κ1) is 14.8. The van der Waals surface area contributed by atoms with Crippen molar-refractivity contribution in [2.45, 2.75) is 6.42 Å². The van der Waals surface area contributed by atoms with Gasteiger partial charge in [0.1, 0.15) is 0 Å². The third kappa shape index (κ3) is 4.91. The Balaban J connectivity index is 2.43. The Morgan fingerprint density at radius 2 is 1.83 bits per heavy atom. The van der Waals surface area contributed by atoms with Crippen LogP contribution in [-0.2, 0) is 9.59 Å². The number of hydrogen-bond acceptors (Lipinski definition) is 3. The minimum atomic E-state index is -0.919. The Hall–Kier alpha value is -1.30. The first-order valence-electron chi connectivity index (χ1n) is 5.17. The summed E-state index contributed by atoms with van der Waals surface area (Å²) in [4.78, 5) is 21.8. The van der Waals surface area contributed by atoms with E-state index in [0.29, 0.717) is 15.7 Å². The highest BCUT2D eigenvalue weighted by atomic mass is 35.5. The summed E-state index contributed by atoms with van der Waals surface area (Å²) in [5.74, 6) is -1.26. The number of carboxylic acid groups (broad SMARTS) is 1. The van der Waals surface area contributed by atoms with Crippen LogP contribution < -0.4 is 10.6 Å². The number of rotatable bonds is 6. The lowest BCUT2D eigenvalue weighted by molar-refractivity contribution is -0.137. The Morgan fingerprint density at radius 1 is 1.22 bits per heavy atom. The van der Waals surface area contributed by atoms with Gasteiger partial charge >= 0.3 is 5.97 Å². The van der Waals surface area contributed by atoms with E-state index in [1.807, 2.05) is 0 Å². The van der Waals surface area contributed by atoms with Crippen molar-refractivity contribution < 1.29 is 14.7 Å². The molecule has 1 amide bonds. The summed E-state index contributed by atoms with van der Waals surface area (Å²) in [6.07, 6.45) is -0.0415. The molecular weight excluding hydrogens is 279 g/mol. The molecule has 0 aliphatic heterocycles. The number of anilines is 1. The molecule has 1 rings (SSSR count). The summed E-state index contributed by atoms with van der Waals surface area (Å²) in [6.45, 7) is 0.216. The van der Waals surface area contributed by atoms with E-state index in [9.17, 15) is 9.59 Å². The maximum absolute atomic E-state index is 11.5. The van der Waals surface area contributed by atoms with Gasteiger partial charge in [-0.3, -0.25) is 9.59 Å². The molecule has 1 aromatic carbocycles. The van der Waals surface area contributed by atoms with E-state index in [1.165, 1.54) is 0 Å². The van der Waals surface area contributed by atoms with Crippen molar-refractivity contribution in [1.82, 2.24) is 5.32 Å². The first-order valence-corrected chi connectivity index (χ1v) is 5.92. The highest BCUT2D eigenvalue weighted by molar-refractivity contribution is 6.39. The molecule has 0 heterocycles. The molecule has 5 nitrogen and oxygen atoms in total. The monoisotopic (exact) mass is 290 g/mol. The van der Waals surface area contributed by atoms with Crippen LogP contribution >= 0.6 is 23.2 Å². The van der Waals surface area contributed by atoms with Gasteiger partial charge in [-0.2, -0.15) is 0 Å². The van der Waals surface area contributed by atoms with Gasteiger partial charge in [0.15, 0.2) is 0 Å². The normalized spacial score (nSPS) is 10.1. The third-order valence-electron chi connectivity index (χ3n) is 2.03. The fourth-order valence-corrected chi connectivity index (χ4v) is 1.69. The third-order valence-corrected chi connectivity index (χ3v) is 2.66. The molecule has 0 aliphatic carbocycles. The Morgan fingerprint density at radius 3 is 2.39 bits per heavy atom. The number of amides is 1. The number of carboxylic acids is 1. The summed E-state index contributed by atoms with van der Waals surface area (Å²) < 4.78 is 0. The standard InChI is InChI=1S/C11H12Cl2N2O3/c12-7-2-1-3-8(13)11(7)15-9(16)6-14-5-4-10(17)18/h1-3,14H,4-6H2,(H,15,16)(H,17,18).